The fourth-order valence-electron chi connectivity index (χ4n) is 3.70. The van der Waals surface area contributed by atoms with Crippen molar-refractivity contribution in [3.05, 3.63) is 34.7 Å². The Morgan fingerprint density at radius 1 is 1.09 bits per heavy atom. The maximum absolute atomic E-state index is 6.67. The van der Waals surface area contributed by atoms with E-state index in [0.29, 0.717) is 12.0 Å². The second-order valence-electron chi connectivity index (χ2n) is 7.99. The van der Waals surface area contributed by atoms with Gasteiger partial charge in [-0.2, -0.15) is 5.10 Å². The Balaban J connectivity index is 0.000000750. The van der Waals surface area contributed by atoms with Crippen molar-refractivity contribution in [3.8, 4) is 11.3 Å². The van der Waals surface area contributed by atoms with Crippen molar-refractivity contribution >= 4 is 23.7 Å². The van der Waals surface area contributed by atoms with Crippen LogP contribution in [-0.2, 0) is 4.74 Å². The SMILES string of the molecule is CC.CC.CCC.Cc1ccc(-c2n[nH]c(C3CCC(NSN4CCOCC4)CC3)c2Cl)cn1. The van der Waals surface area contributed by atoms with Crippen molar-refractivity contribution in [1.82, 2.24) is 24.2 Å². The number of ether oxygens (including phenoxy) is 1. The second kappa shape index (κ2) is 18.2. The Morgan fingerprint density at radius 2 is 1.71 bits per heavy atom. The van der Waals surface area contributed by atoms with Crippen molar-refractivity contribution < 1.29 is 4.74 Å². The molecule has 8 heteroatoms. The summed E-state index contributed by atoms with van der Waals surface area (Å²) in [6.45, 7) is 17.9. The van der Waals surface area contributed by atoms with E-state index in [0.717, 1.165) is 79.7 Å². The topological polar surface area (TPSA) is 66.1 Å². The molecule has 0 unspecified atom stereocenters. The van der Waals surface area contributed by atoms with E-state index < -0.39 is 0 Å². The smallest absolute Gasteiger partial charge is 0.113 e. The molecule has 1 saturated carbocycles. The van der Waals surface area contributed by atoms with Crippen LogP contribution >= 0.6 is 23.7 Å². The number of hydrogen-bond donors (Lipinski definition) is 2. The summed E-state index contributed by atoms with van der Waals surface area (Å²) in [5.74, 6) is 0.448. The molecule has 6 nitrogen and oxygen atoms in total. The van der Waals surface area contributed by atoms with E-state index in [1.807, 2.05) is 52.9 Å². The molecule has 2 aromatic rings. The highest BCUT2D eigenvalue weighted by atomic mass is 35.5. The summed E-state index contributed by atoms with van der Waals surface area (Å²) in [5, 5.41) is 8.42. The number of H-pyrrole nitrogens is 1. The molecule has 2 aliphatic rings. The van der Waals surface area contributed by atoms with E-state index in [2.05, 4.69) is 38.1 Å². The van der Waals surface area contributed by atoms with Crippen LogP contribution in [0.3, 0.4) is 0 Å². The number of pyridine rings is 1. The first-order valence-corrected chi connectivity index (χ1v) is 14.2. The van der Waals surface area contributed by atoms with Gasteiger partial charge in [-0.15, -0.1) is 0 Å². The monoisotopic (exact) mass is 511 g/mol. The van der Waals surface area contributed by atoms with E-state index in [1.54, 1.807) is 12.1 Å². The van der Waals surface area contributed by atoms with Gasteiger partial charge in [-0.05, 0) is 44.7 Å². The normalized spacial score (nSPS) is 20.1. The molecule has 4 rings (SSSR count). The van der Waals surface area contributed by atoms with Crippen LogP contribution in [0.2, 0.25) is 5.02 Å². The van der Waals surface area contributed by atoms with Crippen LogP contribution < -0.4 is 4.72 Å². The van der Waals surface area contributed by atoms with Gasteiger partial charge in [0.15, 0.2) is 0 Å². The number of nitrogens with zero attached hydrogens (tertiary/aromatic N) is 3. The average molecular weight is 512 g/mol. The second-order valence-corrected chi connectivity index (χ2v) is 9.31. The molecule has 2 fully saturated rings. The lowest BCUT2D eigenvalue weighted by atomic mass is 9.84. The van der Waals surface area contributed by atoms with Crippen LogP contribution in [0.5, 0.6) is 0 Å². The number of aromatic amines is 1. The molecule has 34 heavy (non-hydrogen) atoms. The molecule has 1 aliphatic heterocycles. The highest BCUT2D eigenvalue weighted by Crippen LogP contribution is 2.39. The first-order chi connectivity index (χ1) is 16.6. The first kappa shape index (κ1) is 30.9. The first-order valence-electron chi connectivity index (χ1n) is 13.0. The quantitative estimate of drug-likeness (QED) is 0.407. The molecule has 1 saturated heterocycles. The van der Waals surface area contributed by atoms with Crippen molar-refractivity contribution in [1.29, 1.82) is 0 Å². The number of aryl methyl sites for hydroxylation is 1. The molecule has 0 aromatic carbocycles. The molecule has 0 bridgehead atoms. The molecule has 3 heterocycles. The maximum Gasteiger partial charge on any atom is 0.113 e. The van der Waals surface area contributed by atoms with Gasteiger partial charge in [-0.1, -0.05) is 59.6 Å². The van der Waals surface area contributed by atoms with Gasteiger partial charge >= 0.3 is 0 Å². The average Bonchev–Trinajstić information content (AvgIpc) is 3.28. The molecule has 0 spiro atoms. The molecular formula is C26H46ClN5OS. The van der Waals surface area contributed by atoms with Crippen LogP contribution in [-0.4, -0.2) is 51.8 Å². The van der Waals surface area contributed by atoms with E-state index in [4.69, 9.17) is 16.3 Å². The van der Waals surface area contributed by atoms with Crippen molar-refractivity contribution in [2.75, 3.05) is 26.3 Å². The summed E-state index contributed by atoms with van der Waals surface area (Å²) in [7, 11) is 0. The Kier molecular flexibility index (Phi) is 16.5. The number of nitrogens with one attached hydrogen (secondary N) is 2. The third kappa shape index (κ3) is 9.86. The maximum atomic E-state index is 6.67. The van der Waals surface area contributed by atoms with Crippen molar-refractivity contribution in [2.24, 2.45) is 0 Å². The minimum Gasteiger partial charge on any atom is -0.379 e. The van der Waals surface area contributed by atoms with E-state index in [9.17, 15) is 0 Å². The van der Waals surface area contributed by atoms with Crippen molar-refractivity contribution in [2.45, 2.75) is 92.5 Å². The fraction of sp³-hybridized carbons (Fsp3) is 0.692. The van der Waals surface area contributed by atoms with Gasteiger partial charge in [0.25, 0.3) is 0 Å². The predicted octanol–water partition coefficient (Wildman–Crippen LogP) is 7.41. The third-order valence-corrected chi connectivity index (χ3v) is 6.82. The molecule has 0 amide bonds. The van der Waals surface area contributed by atoms with E-state index >= 15 is 0 Å². The van der Waals surface area contributed by atoms with Crippen LogP contribution in [0.15, 0.2) is 18.3 Å². The minimum atomic E-state index is 0.448. The molecule has 0 radical (unpaired) electrons. The minimum absolute atomic E-state index is 0.448. The number of rotatable bonds is 5. The summed E-state index contributed by atoms with van der Waals surface area (Å²) in [5.41, 5.74) is 3.84. The standard InChI is InChI=1S/C19H26ClN5OS.C3H8.2C2H6/c1-13-2-3-15(12-21-13)19-17(20)18(22-23-19)14-4-6-16(7-5-14)24-27-25-8-10-26-11-9-25;1-3-2;2*1-2/h2-3,12,14,16,24H,4-11H2,1H3,(H,22,23);3H2,1-2H3;2*1-2H3. The van der Waals surface area contributed by atoms with Gasteiger partial charge in [0.1, 0.15) is 5.69 Å². The highest BCUT2D eigenvalue weighted by molar-refractivity contribution is 7.95. The van der Waals surface area contributed by atoms with Gasteiger partial charge in [0.05, 0.1) is 23.9 Å². The Labute approximate surface area is 217 Å². The number of halogens is 1. The van der Waals surface area contributed by atoms with Crippen LogP contribution in [0.25, 0.3) is 11.3 Å². The van der Waals surface area contributed by atoms with Crippen LogP contribution in [0.1, 0.15) is 91.0 Å². The van der Waals surface area contributed by atoms with E-state index in [-0.39, 0.29) is 0 Å². The van der Waals surface area contributed by atoms with Gasteiger partial charge in [0.2, 0.25) is 0 Å². The summed E-state index contributed by atoms with van der Waals surface area (Å²) < 4.78 is 11.4. The lowest BCUT2D eigenvalue weighted by Gasteiger charge is -2.31. The van der Waals surface area contributed by atoms with E-state index in [1.165, 1.54) is 6.42 Å². The number of morpholine rings is 1. The Morgan fingerprint density at radius 3 is 2.26 bits per heavy atom. The molecule has 2 aromatic heterocycles. The molecule has 194 valence electrons. The fourth-order valence-corrected chi connectivity index (χ4v) is 4.91. The zero-order valence-electron chi connectivity index (χ0n) is 22.3. The summed E-state index contributed by atoms with van der Waals surface area (Å²) >= 11 is 8.43. The number of hydrogen-bond acceptors (Lipinski definition) is 6. The Bertz CT molecular complexity index is 757. The molecule has 1 aliphatic carbocycles. The zero-order valence-corrected chi connectivity index (χ0v) is 23.9. The summed E-state index contributed by atoms with van der Waals surface area (Å²) in [6.07, 6.45) is 7.63. The Hall–Kier alpha value is -1.12. The van der Waals surface area contributed by atoms with Crippen LogP contribution in [0, 0.1) is 6.92 Å². The highest BCUT2D eigenvalue weighted by Gasteiger charge is 2.27. The lowest BCUT2D eigenvalue weighted by molar-refractivity contribution is 0.0768. The summed E-state index contributed by atoms with van der Waals surface area (Å²) in [6, 6.07) is 4.57. The van der Waals surface area contributed by atoms with Gasteiger partial charge < -0.3 is 4.74 Å². The predicted molar refractivity (Wildman–Crippen MR) is 148 cm³/mol. The molecule has 2 N–H and O–H groups in total. The van der Waals surface area contributed by atoms with Gasteiger partial charge in [0, 0.05) is 54.6 Å². The van der Waals surface area contributed by atoms with Gasteiger partial charge in [-0.25, -0.2) is 9.03 Å². The third-order valence-electron chi connectivity index (χ3n) is 5.37. The zero-order chi connectivity index (χ0) is 25.3. The van der Waals surface area contributed by atoms with Gasteiger partial charge in [-0.3, -0.25) is 10.1 Å². The molecule has 0 atom stereocenters. The van der Waals surface area contributed by atoms with Crippen molar-refractivity contribution in [3.63, 3.8) is 0 Å². The lowest BCUT2D eigenvalue weighted by Crippen LogP contribution is -2.37. The summed E-state index contributed by atoms with van der Waals surface area (Å²) in [4.78, 5) is 4.35. The number of aromatic nitrogens is 3. The van der Waals surface area contributed by atoms with Crippen LogP contribution in [0.4, 0.5) is 0 Å². The molecular weight excluding hydrogens is 466 g/mol. The largest absolute Gasteiger partial charge is 0.379 e.